The van der Waals surface area contributed by atoms with Crippen molar-refractivity contribution in [3.05, 3.63) is 35.9 Å². The Hall–Kier alpha value is -1.39. The third-order valence-corrected chi connectivity index (χ3v) is 4.47. The van der Waals surface area contributed by atoms with Crippen molar-refractivity contribution in [1.82, 2.24) is 4.90 Å². The van der Waals surface area contributed by atoms with Gasteiger partial charge in [0.05, 0.1) is 12.7 Å². The summed E-state index contributed by atoms with van der Waals surface area (Å²) >= 11 is 0. The van der Waals surface area contributed by atoms with Gasteiger partial charge in [-0.1, -0.05) is 43.2 Å². The molecule has 0 aromatic heterocycles. The van der Waals surface area contributed by atoms with Crippen molar-refractivity contribution >= 4 is 5.91 Å². The number of carbonyl (C=O) groups is 1. The molecule has 1 saturated heterocycles. The Labute approximate surface area is 140 Å². The molecule has 0 aliphatic carbocycles. The Morgan fingerprint density at radius 2 is 1.78 bits per heavy atom. The first-order valence-corrected chi connectivity index (χ1v) is 8.93. The van der Waals surface area contributed by atoms with Gasteiger partial charge in [-0.2, -0.15) is 0 Å². The lowest BCUT2D eigenvalue weighted by molar-refractivity contribution is -0.134. The number of hydrogen-bond donors (Lipinski definition) is 1. The van der Waals surface area contributed by atoms with Gasteiger partial charge in [-0.05, 0) is 37.8 Å². The predicted molar refractivity (Wildman–Crippen MR) is 93.0 cm³/mol. The van der Waals surface area contributed by atoms with Crippen LogP contribution in [0.1, 0.15) is 50.5 Å². The first-order chi connectivity index (χ1) is 11.3. The molecule has 0 radical (unpaired) electrons. The smallest absolute Gasteiger partial charge is 0.222 e. The van der Waals surface area contributed by atoms with Gasteiger partial charge in [0.1, 0.15) is 0 Å². The van der Waals surface area contributed by atoms with E-state index in [1.807, 2.05) is 23.1 Å². The zero-order valence-corrected chi connectivity index (χ0v) is 14.1. The fourth-order valence-corrected chi connectivity index (χ4v) is 2.99. The average Bonchev–Trinajstić information content (AvgIpc) is 2.61. The summed E-state index contributed by atoms with van der Waals surface area (Å²) in [6.45, 7) is 3.09. The van der Waals surface area contributed by atoms with Crippen LogP contribution in [0, 0.1) is 0 Å². The van der Waals surface area contributed by atoms with Crippen molar-refractivity contribution in [3.8, 4) is 0 Å². The number of ether oxygens (including phenoxy) is 1. The Balaban J connectivity index is 1.58. The van der Waals surface area contributed by atoms with Crippen molar-refractivity contribution in [2.75, 3.05) is 19.6 Å². The zero-order chi connectivity index (χ0) is 16.3. The summed E-state index contributed by atoms with van der Waals surface area (Å²) in [6.07, 6.45) is 7.17. The number of likely N-dealkylation sites (tertiary alicyclic amines) is 1. The van der Waals surface area contributed by atoms with Gasteiger partial charge in [-0.15, -0.1) is 0 Å². The number of hydrogen-bond acceptors (Lipinski definition) is 3. The predicted octanol–water partition coefficient (Wildman–Crippen LogP) is 3.10. The standard InChI is InChI=1S/C19H30N2O2/c20-13-7-2-1-6-10-19(22)21-14-11-18(12-15-21)23-16-17-8-4-3-5-9-17/h3-5,8-9,18H,1-2,6-7,10-16,20H2. The molecule has 0 atom stereocenters. The van der Waals surface area contributed by atoms with E-state index in [0.29, 0.717) is 18.9 Å². The largest absolute Gasteiger partial charge is 0.373 e. The third-order valence-electron chi connectivity index (χ3n) is 4.47. The fourth-order valence-electron chi connectivity index (χ4n) is 2.99. The molecule has 0 saturated carbocycles. The van der Waals surface area contributed by atoms with E-state index in [-0.39, 0.29) is 6.10 Å². The molecule has 4 heteroatoms. The van der Waals surface area contributed by atoms with Gasteiger partial charge >= 0.3 is 0 Å². The van der Waals surface area contributed by atoms with Crippen molar-refractivity contribution in [3.63, 3.8) is 0 Å². The van der Waals surface area contributed by atoms with E-state index in [1.54, 1.807) is 0 Å². The molecule has 4 nitrogen and oxygen atoms in total. The van der Waals surface area contributed by atoms with E-state index in [0.717, 1.165) is 58.2 Å². The van der Waals surface area contributed by atoms with Gasteiger partial charge in [-0.25, -0.2) is 0 Å². The molecule has 1 aliphatic rings. The maximum Gasteiger partial charge on any atom is 0.222 e. The molecule has 1 fully saturated rings. The van der Waals surface area contributed by atoms with Crippen LogP contribution in [0.4, 0.5) is 0 Å². The molecular formula is C19H30N2O2. The second-order valence-electron chi connectivity index (χ2n) is 6.33. The van der Waals surface area contributed by atoms with Crippen LogP contribution >= 0.6 is 0 Å². The lowest BCUT2D eigenvalue weighted by Gasteiger charge is -2.32. The Morgan fingerprint density at radius 1 is 1.09 bits per heavy atom. The SMILES string of the molecule is NCCCCCCC(=O)N1CCC(OCc2ccccc2)CC1. The second kappa shape index (κ2) is 10.4. The summed E-state index contributed by atoms with van der Waals surface area (Å²) in [5, 5.41) is 0. The number of carbonyl (C=O) groups excluding carboxylic acids is 1. The fraction of sp³-hybridized carbons (Fsp3) is 0.632. The molecule has 1 heterocycles. The first-order valence-electron chi connectivity index (χ1n) is 8.93. The van der Waals surface area contributed by atoms with Gasteiger partial charge in [-0.3, -0.25) is 4.79 Å². The van der Waals surface area contributed by atoms with Crippen LogP contribution in [0.5, 0.6) is 0 Å². The summed E-state index contributed by atoms with van der Waals surface area (Å²) in [7, 11) is 0. The molecular weight excluding hydrogens is 288 g/mol. The molecule has 0 unspecified atom stereocenters. The number of piperidine rings is 1. The molecule has 2 rings (SSSR count). The second-order valence-corrected chi connectivity index (χ2v) is 6.33. The highest BCUT2D eigenvalue weighted by atomic mass is 16.5. The van der Waals surface area contributed by atoms with E-state index < -0.39 is 0 Å². The van der Waals surface area contributed by atoms with Crippen LogP contribution in [0.2, 0.25) is 0 Å². The van der Waals surface area contributed by atoms with Crippen molar-refractivity contribution in [2.24, 2.45) is 5.73 Å². The molecule has 0 bridgehead atoms. The van der Waals surface area contributed by atoms with Crippen LogP contribution in [0.3, 0.4) is 0 Å². The summed E-state index contributed by atoms with van der Waals surface area (Å²) in [5.74, 6) is 0.305. The zero-order valence-electron chi connectivity index (χ0n) is 14.1. The van der Waals surface area contributed by atoms with Crippen LogP contribution in [0.15, 0.2) is 30.3 Å². The number of rotatable bonds is 9. The van der Waals surface area contributed by atoms with Crippen molar-refractivity contribution in [2.45, 2.75) is 57.7 Å². The van der Waals surface area contributed by atoms with Gasteiger partial charge in [0.2, 0.25) is 5.91 Å². The Bertz CT molecular complexity index is 442. The molecule has 23 heavy (non-hydrogen) atoms. The highest BCUT2D eigenvalue weighted by Gasteiger charge is 2.22. The quantitative estimate of drug-likeness (QED) is 0.712. The van der Waals surface area contributed by atoms with Crippen LogP contribution in [-0.2, 0) is 16.1 Å². The van der Waals surface area contributed by atoms with Crippen molar-refractivity contribution < 1.29 is 9.53 Å². The highest BCUT2D eigenvalue weighted by Crippen LogP contribution is 2.17. The normalized spacial score (nSPS) is 15.8. The van der Waals surface area contributed by atoms with Gasteiger partial charge in [0.15, 0.2) is 0 Å². The van der Waals surface area contributed by atoms with E-state index in [2.05, 4.69) is 12.1 Å². The average molecular weight is 318 g/mol. The molecule has 0 spiro atoms. The van der Waals surface area contributed by atoms with Crippen LogP contribution in [-0.4, -0.2) is 36.5 Å². The topological polar surface area (TPSA) is 55.6 Å². The number of unbranched alkanes of at least 4 members (excludes halogenated alkanes) is 3. The Kier molecular flexibility index (Phi) is 8.12. The molecule has 128 valence electrons. The summed E-state index contributed by atoms with van der Waals surface area (Å²) in [5.41, 5.74) is 6.69. The molecule has 1 aromatic rings. The molecule has 1 aliphatic heterocycles. The minimum absolute atomic E-state index is 0.281. The van der Waals surface area contributed by atoms with Crippen molar-refractivity contribution in [1.29, 1.82) is 0 Å². The molecule has 1 amide bonds. The summed E-state index contributed by atoms with van der Waals surface area (Å²) < 4.78 is 5.97. The minimum atomic E-state index is 0.281. The number of nitrogens with two attached hydrogens (primary N) is 1. The van der Waals surface area contributed by atoms with Gasteiger partial charge in [0, 0.05) is 19.5 Å². The number of nitrogens with zero attached hydrogens (tertiary/aromatic N) is 1. The number of amides is 1. The summed E-state index contributed by atoms with van der Waals surface area (Å²) in [4.78, 5) is 14.2. The van der Waals surface area contributed by atoms with Gasteiger partial charge < -0.3 is 15.4 Å². The van der Waals surface area contributed by atoms with E-state index in [9.17, 15) is 4.79 Å². The molecule has 1 aromatic carbocycles. The highest BCUT2D eigenvalue weighted by molar-refractivity contribution is 5.76. The van der Waals surface area contributed by atoms with E-state index in [4.69, 9.17) is 10.5 Å². The number of benzene rings is 1. The van der Waals surface area contributed by atoms with E-state index >= 15 is 0 Å². The maximum atomic E-state index is 12.2. The maximum absolute atomic E-state index is 12.2. The lowest BCUT2D eigenvalue weighted by atomic mass is 10.1. The van der Waals surface area contributed by atoms with E-state index in [1.165, 1.54) is 5.56 Å². The van der Waals surface area contributed by atoms with Crippen LogP contribution in [0.25, 0.3) is 0 Å². The molecule has 2 N–H and O–H groups in total. The monoisotopic (exact) mass is 318 g/mol. The Morgan fingerprint density at radius 3 is 2.48 bits per heavy atom. The lowest BCUT2D eigenvalue weighted by Crippen LogP contribution is -2.40. The van der Waals surface area contributed by atoms with Gasteiger partial charge in [0.25, 0.3) is 0 Å². The van der Waals surface area contributed by atoms with Crippen LogP contribution < -0.4 is 5.73 Å². The first kappa shape index (κ1) is 18.0. The summed E-state index contributed by atoms with van der Waals surface area (Å²) in [6, 6.07) is 10.3. The minimum Gasteiger partial charge on any atom is -0.373 e. The third kappa shape index (κ3) is 6.71.